The number of carbonyl (C=O) groups is 2. The number of aliphatic hydroxyl groups is 21. The van der Waals surface area contributed by atoms with E-state index in [0.717, 1.165) is 13.8 Å². The van der Waals surface area contributed by atoms with Crippen LogP contribution < -0.4 is 10.6 Å². The Hall–Kier alpha value is -2.42. The van der Waals surface area contributed by atoms with Crippen molar-refractivity contribution in [3.8, 4) is 0 Å². The Kier molecular flexibility index (Phi) is 24.6. The van der Waals surface area contributed by atoms with E-state index in [0.29, 0.717) is 0 Å². The van der Waals surface area contributed by atoms with Crippen molar-refractivity contribution in [3.05, 3.63) is 0 Å². The molecule has 488 valence electrons. The van der Waals surface area contributed by atoms with Gasteiger partial charge < -0.3 is 179 Å². The van der Waals surface area contributed by atoms with Gasteiger partial charge in [-0.05, 0) is 0 Å². The van der Waals surface area contributed by atoms with Crippen molar-refractivity contribution in [2.75, 3.05) is 46.2 Å². The van der Waals surface area contributed by atoms with Gasteiger partial charge in [-0.15, -0.1) is 0 Å². The highest BCUT2D eigenvalue weighted by molar-refractivity contribution is 5.73. The van der Waals surface area contributed by atoms with Crippen molar-refractivity contribution in [1.29, 1.82) is 0 Å². The van der Waals surface area contributed by atoms with E-state index < -0.39 is 273 Å². The van der Waals surface area contributed by atoms with E-state index in [2.05, 4.69) is 10.6 Å². The van der Waals surface area contributed by atoms with Gasteiger partial charge >= 0.3 is 0 Å². The predicted octanol–water partition coefficient (Wildman–Crippen LogP) is -16.0. The van der Waals surface area contributed by atoms with E-state index in [-0.39, 0.29) is 0 Å². The molecule has 0 aromatic rings. The van der Waals surface area contributed by atoms with Gasteiger partial charge in [0.05, 0.1) is 46.2 Å². The van der Waals surface area contributed by atoms with Gasteiger partial charge in [0.2, 0.25) is 11.8 Å². The van der Waals surface area contributed by atoms with Crippen LogP contribution in [0.5, 0.6) is 0 Å². The summed E-state index contributed by atoms with van der Waals surface area (Å²) >= 11 is 0. The Morgan fingerprint density at radius 2 is 0.643 bits per heavy atom. The second-order valence-corrected chi connectivity index (χ2v) is 21.1. The van der Waals surface area contributed by atoms with Crippen molar-refractivity contribution < 1.29 is 178 Å². The van der Waals surface area contributed by atoms with E-state index in [1.165, 1.54) is 0 Å². The van der Waals surface area contributed by atoms with E-state index >= 15 is 0 Å². The summed E-state index contributed by atoms with van der Waals surface area (Å²) in [5, 5.41) is 230. The number of carbonyl (C=O) groups excluding carboxylic acids is 2. The highest BCUT2D eigenvalue weighted by atomic mass is 16.8. The molecule has 0 aromatic heterocycles. The molecule has 38 heteroatoms. The van der Waals surface area contributed by atoms with E-state index in [1.54, 1.807) is 0 Å². The lowest BCUT2D eigenvalue weighted by Gasteiger charge is -2.51. The lowest BCUT2D eigenvalue weighted by Crippen LogP contribution is -2.71. The van der Waals surface area contributed by atoms with Gasteiger partial charge in [0.25, 0.3) is 0 Å². The van der Waals surface area contributed by atoms with Crippen LogP contribution in [0, 0.1) is 0 Å². The van der Waals surface area contributed by atoms with Crippen LogP contribution in [0.15, 0.2) is 0 Å². The van der Waals surface area contributed by atoms with Gasteiger partial charge in [0.1, 0.15) is 171 Å². The maximum atomic E-state index is 13.0. The summed E-state index contributed by atoms with van der Waals surface area (Å²) in [7, 11) is 0. The first-order chi connectivity index (χ1) is 39.7. The summed E-state index contributed by atoms with van der Waals surface area (Å²) in [6.45, 7) is -4.87. The average molecular weight is 1240 g/mol. The molecule has 0 radical (unpaired) electrons. The predicted molar refractivity (Wildman–Crippen MR) is 255 cm³/mol. The molecule has 35 atom stereocenters. The van der Waals surface area contributed by atoms with E-state index in [1.807, 2.05) is 0 Å². The summed E-state index contributed by atoms with van der Waals surface area (Å²) in [5.41, 5.74) is 0. The van der Waals surface area contributed by atoms with Gasteiger partial charge in [0.15, 0.2) is 44.0 Å². The monoisotopic (exact) mass is 1230 g/mol. The molecule has 7 aliphatic heterocycles. The average Bonchev–Trinajstić information content (AvgIpc) is 2.57. The standard InChI is InChI=1S/C46H78N2O36/c1-10(54)47-19-26(61)36(81-46-35(70)39(84-45-34(69)30(65)24(59)15(6-52)78-45)25(60)17(80-46)8-72-42-31(66)27(62)21(56)12(3-49)75-42)16(7-53)79-41(19)82-37-18(9-73-43-32(67)28(63)22(57)13(4-50)76-43)74-40(71)20(48-11(2)55)38(37)83-44-33(68)29(64)23(58)14(5-51)77-44/h12-46,49-53,56-71H,3-9H2,1-2H3,(H,47,54)(H,48,55)/t12-,13+,14-,15-,16+,17-,18-,19+,20-,21-,22-,23-,24-,25+,26+,27+,28-,29+,30+,31-,32+,33-,34-,35-,36+,37+,38+,39-,40-,41+,42+,43-,44+,45+,46+/m1/s1. The molecule has 0 aromatic carbocycles. The minimum atomic E-state index is -2.32. The summed E-state index contributed by atoms with van der Waals surface area (Å²) in [4.78, 5) is 25.8. The fourth-order valence-electron chi connectivity index (χ4n) is 10.6. The summed E-state index contributed by atoms with van der Waals surface area (Å²) < 4.78 is 75.4. The molecule has 0 unspecified atom stereocenters. The molecule has 7 aliphatic rings. The molecule has 38 nitrogen and oxygen atoms in total. The van der Waals surface area contributed by atoms with Crippen molar-refractivity contribution in [2.24, 2.45) is 0 Å². The number of rotatable bonds is 21. The largest absolute Gasteiger partial charge is 0.394 e. The lowest BCUT2D eigenvalue weighted by molar-refractivity contribution is -0.388. The van der Waals surface area contributed by atoms with Crippen molar-refractivity contribution in [2.45, 2.75) is 229 Å². The molecule has 23 N–H and O–H groups in total. The topological polar surface area (TPSA) is 603 Å². The smallest absolute Gasteiger partial charge is 0.217 e. The number of amides is 2. The molecule has 0 bridgehead atoms. The zero-order valence-corrected chi connectivity index (χ0v) is 44.7. The first-order valence-corrected chi connectivity index (χ1v) is 26.6. The van der Waals surface area contributed by atoms with Crippen LogP contribution in [0.1, 0.15) is 13.8 Å². The van der Waals surface area contributed by atoms with Gasteiger partial charge in [-0.3, -0.25) is 9.59 Å². The third-order valence-electron chi connectivity index (χ3n) is 15.3. The molecule has 7 fully saturated rings. The zero-order valence-electron chi connectivity index (χ0n) is 44.7. The van der Waals surface area contributed by atoms with Gasteiger partial charge in [-0.1, -0.05) is 0 Å². The molecule has 84 heavy (non-hydrogen) atoms. The summed E-state index contributed by atoms with van der Waals surface area (Å²) in [5.74, 6) is -1.83. The van der Waals surface area contributed by atoms with Crippen LogP contribution in [0.3, 0.4) is 0 Å². The first kappa shape index (κ1) is 69.1. The van der Waals surface area contributed by atoms with Crippen LogP contribution in [0.4, 0.5) is 0 Å². The number of hydrogen-bond donors (Lipinski definition) is 23. The molecule has 7 heterocycles. The quantitative estimate of drug-likeness (QED) is 0.0507. The molecule has 0 aliphatic carbocycles. The molecule has 0 saturated carbocycles. The minimum Gasteiger partial charge on any atom is -0.394 e. The van der Waals surface area contributed by atoms with Crippen molar-refractivity contribution in [1.82, 2.24) is 10.6 Å². The van der Waals surface area contributed by atoms with E-state index in [4.69, 9.17) is 61.6 Å². The first-order valence-electron chi connectivity index (χ1n) is 26.6. The van der Waals surface area contributed by atoms with Gasteiger partial charge in [-0.25, -0.2) is 0 Å². The number of nitrogens with one attached hydrogen (secondary N) is 2. The van der Waals surface area contributed by atoms with Crippen molar-refractivity contribution >= 4 is 11.8 Å². The second-order valence-electron chi connectivity index (χ2n) is 21.1. The highest BCUT2D eigenvalue weighted by Gasteiger charge is 2.59. The number of hydrogen-bond acceptors (Lipinski definition) is 36. The Bertz CT molecular complexity index is 2060. The van der Waals surface area contributed by atoms with Gasteiger partial charge in [-0.2, -0.15) is 0 Å². The van der Waals surface area contributed by atoms with Crippen LogP contribution in [-0.2, 0) is 71.2 Å². The van der Waals surface area contributed by atoms with Crippen LogP contribution in [0.2, 0.25) is 0 Å². The maximum Gasteiger partial charge on any atom is 0.217 e. The van der Waals surface area contributed by atoms with Crippen LogP contribution in [0.25, 0.3) is 0 Å². The fourth-order valence-corrected chi connectivity index (χ4v) is 10.6. The molecule has 7 saturated heterocycles. The summed E-state index contributed by atoms with van der Waals surface area (Å²) in [6.07, 6.45) is -65.3. The van der Waals surface area contributed by atoms with Crippen LogP contribution >= 0.6 is 0 Å². The molecule has 0 spiro atoms. The Labute approximate surface area is 475 Å². The Morgan fingerprint density at radius 1 is 0.310 bits per heavy atom. The molecular formula is C46H78N2O36. The lowest BCUT2D eigenvalue weighted by atomic mass is 9.93. The van der Waals surface area contributed by atoms with Gasteiger partial charge in [0, 0.05) is 13.8 Å². The number of aliphatic hydroxyl groups excluding tert-OH is 21. The van der Waals surface area contributed by atoms with E-state index in [9.17, 15) is 117 Å². The molecule has 7 rings (SSSR count). The third-order valence-corrected chi connectivity index (χ3v) is 15.3. The Balaban J connectivity index is 1.22. The summed E-state index contributed by atoms with van der Waals surface area (Å²) in [6, 6.07) is -3.80. The van der Waals surface area contributed by atoms with Crippen LogP contribution in [-0.4, -0.2) is 380 Å². The minimum absolute atomic E-state index is 0.885. The molecular weight excluding hydrogens is 1160 g/mol. The zero-order chi connectivity index (χ0) is 61.9. The maximum absolute atomic E-state index is 13.0. The fraction of sp³-hybridized carbons (Fsp3) is 0.957. The normalized spacial score (nSPS) is 50.3. The second kappa shape index (κ2) is 29.9. The molecule has 2 amide bonds. The Morgan fingerprint density at radius 3 is 1.07 bits per heavy atom. The SMILES string of the molecule is CC(=O)N[C@@H]1[C@H](O[C@@H]2[C@@H](O[C@@H]3O[C@H](CO)[C@@H](O)[C@H](O)[C@H]3O)[C@@H](NC(C)=O)[C@H](O)O[C@@H]2CO[C@@H]2O[C@@H](CO)[C@@H](O)[C@@H](O)[C@@H]2O)O[C@@H](CO)[C@H](O[C@@H]2O[C@H](CO[C@H]3O[C@H](CO)[C@@H](O)[C@H](O)[C@H]3O)[C@H](O)[C@@H](O[C@@H]3O[C@H](CO)[C@@H](O)[C@H](O)[C@H]3O)[C@H]2O)[C@H]1O. The highest BCUT2D eigenvalue weighted by Crippen LogP contribution is 2.38. The number of ether oxygens (including phenoxy) is 13. The third kappa shape index (κ3) is 14.9. The van der Waals surface area contributed by atoms with Crippen molar-refractivity contribution in [3.63, 3.8) is 0 Å².